The van der Waals surface area contributed by atoms with Crippen molar-refractivity contribution < 1.29 is 23.4 Å². The summed E-state index contributed by atoms with van der Waals surface area (Å²) in [6, 6.07) is 19.5. The van der Waals surface area contributed by atoms with Gasteiger partial charge >= 0.3 is 5.97 Å². The Balaban J connectivity index is 1.47. The van der Waals surface area contributed by atoms with E-state index < -0.39 is 12.1 Å². The van der Waals surface area contributed by atoms with Crippen LogP contribution in [0.1, 0.15) is 29.3 Å². The fraction of sp³-hybridized carbons (Fsp3) is 0.130. The maximum atomic E-state index is 12.7. The van der Waals surface area contributed by atoms with Crippen LogP contribution in [0.5, 0.6) is 17.4 Å². The van der Waals surface area contributed by atoms with Crippen molar-refractivity contribution in [3.05, 3.63) is 84.4 Å². The van der Waals surface area contributed by atoms with Crippen molar-refractivity contribution in [2.75, 3.05) is 7.11 Å². The fourth-order valence-corrected chi connectivity index (χ4v) is 2.75. The summed E-state index contributed by atoms with van der Waals surface area (Å²) in [6.45, 7) is 1.65. The number of nitrogens with zero attached hydrogens (tertiary/aromatic N) is 3. The summed E-state index contributed by atoms with van der Waals surface area (Å²) in [6.07, 6.45) is 0.772. The molecule has 0 amide bonds. The number of carbonyl (C=O) groups excluding carboxylic acids is 1. The molecule has 2 heterocycles. The average molecular weight is 417 g/mol. The van der Waals surface area contributed by atoms with Gasteiger partial charge in [-0.1, -0.05) is 18.2 Å². The molecule has 1 atom stereocenters. The number of methoxy groups -OCH3 is 1. The summed E-state index contributed by atoms with van der Waals surface area (Å²) >= 11 is 0. The number of benzene rings is 2. The van der Waals surface area contributed by atoms with Crippen LogP contribution >= 0.6 is 0 Å². The average Bonchev–Trinajstić information content (AvgIpc) is 3.31. The Kier molecular flexibility index (Phi) is 5.89. The van der Waals surface area contributed by atoms with E-state index in [9.17, 15) is 4.79 Å². The quantitative estimate of drug-likeness (QED) is 0.394. The molecule has 0 saturated heterocycles. The highest BCUT2D eigenvalue weighted by atomic mass is 16.6. The number of esters is 1. The highest BCUT2D eigenvalue weighted by Gasteiger charge is 2.23. The van der Waals surface area contributed by atoms with Gasteiger partial charge in [-0.2, -0.15) is 0 Å². The summed E-state index contributed by atoms with van der Waals surface area (Å²) in [4.78, 5) is 16.9. The third-order valence-electron chi connectivity index (χ3n) is 4.36. The van der Waals surface area contributed by atoms with Crippen molar-refractivity contribution >= 4 is 5.97 Å². The van der Waals surface area contributed by atoms with Crippen LogP contribution in [0, 0.1) is 0 Å². The van der Waals surface area contributed by atoms with Gasteiger partial charge in [0.1, 0.15) is 17.1 Å². The van der Waals surface area contributed by atoms with Gasteiger partial charge < -0.3 is 18.6 Å². The van der Waals surface area contributed by atoms with Gasteiger partial charge in [0, 0.05) is 11.8 Å². The molecule has 8 nitrogen and oxygen atoms in total. The standard InChI is InChI=1S/C23H19N3O5/c1-15(20-25-26-21(31-20)16-10-12-17(28-2)13-11-16)29-23(27)19-9-6-14-24-22(19)30-18-7-4-3-5-8-18/h3-15H,1-2H3. The van der Waals surface area contributed by atoms with E-state index in [1.165, 1.54) is 6.20 Å². The minimum atomic E-state index is -0.767. The van der Waals surface area contributed by atoms with Crippen molar-refractivity contribution in [3.63, 3.8) is 0 Å². The highest BCUT2D eigenvalue weighted by Crippen LogP contribution is 2.27. The summed E-state index contributed by atoms with van der Waals surface area (Å²) in [5.74, 6) is 1.30. The third-order valence-corrected chi connectivity index (χ3v) is 4.36. The maximum absolute atomic E-state index is 12.7. The molecule has 0 spiro atoms. The van der Waals surface area contributed by atoms with Crippen LogP contribution in [-0.2, 0) is 4.74 Å². The minimum Gasteiger partial charge on any atom is -0.497 e. The Morgan fingerprint density at radius 2 is 1.71 bits per heavy atom. The Bertz CT molecular complexity index is 1160. The van der Waals surface area contributed by atoms with Gasteiger partial charge in [-0.15, -0.1) is 10.2 Å². The predicted molar refractivity (Wildman–Crippen MR) is 111 cm³/mol. The second kappa shape index (κ2) is 9.08. The topological polar surface area (TPSA) is 96.6 Å². The molecule has 1 unspecified atom stereocenters. The minimum absolute atomic E-state index is 0.148. The van der Waals surface area contributed by atoms with E-state index in [2.05, 4.69) is 15.2 Å². The van der Waals surface area contributed by atoms with Crippen LogP contribution in [0.25, 0.3) is 11.5 Å². The Morgan fingerprint density at radius 3 is 2.45 bits per heavy atom. The van der Waals surface area contributed by atoms with Gasteiger partial charge in [0.15, 0.2) is 6.10 Å². The van der Waals surface area contributed by atoms with Crippen molar-refractivity contribution in [2.24, 2.45) is 0 Å². The summed E-state index contributed by atoms with van der Waals surface area (Å²) in [5.41, 5.74) is 0.914. The molecule has 0 saturated carbocycles. The Hall–Kier alpha value is -4.20. The first-order valence-electron chi connectivity index (χ1n) is 9.51. The predicted octanol–water partition coefficient (Wildman–Crippen LogP) is 4.85. The molecule has 156 valence electrons. The zero-order chi connectivity index (χ0) is 21.6. The van der Waals surface area contributed by atoms with E-state index in [4.69, 9.17) is 18.6 Å². The molecule has 0 fully saturated rings. The normalized spacial score (nSPS) is 11.5. The second-order valence-corrected chi connectivity index (χ2v) is 6.49. The van der Waals surface area contributed by atoms with E-state index in [0.29, 0.717) is 11.6 Å². The number of ether oxygens (including phenoxy) is 3. The molecule has 0 aliphatic carbocycles. The molecule has 4 rings (SSSR count). The van der Waals surface area contributed by atoms with E-state index in [1.54, 1.807) is 62.6 Å². The zero-order valence-corrected chi connectivity index (χ0v) is 16.9. The van der Waals surface area contributed by atoms with E-state index in [1.807, 2.05) is 18.2 Å². The largest absolute Gasteiger partial charge is 0.497 e. The molecular formula is C23H19N3O5. The number of carbonyl (C=O) groups is 1. The molecule has 0 aliphatic rings. The number of para-hydroxylation sites is 1. The van der Waals surface area contributed by atoms with Crippen molar-refractivity contribution in [3.8, 4) is 28.8 Å². The van der Waals surface area contributed by atoms with Gasteiger partial charge in [0.2, 0.25) is 11.8 Å². The second-order valence-electron chi connectivity index (χ2n) is 6.49. The smallest absolute Gasteiger partial charge is 0.344 e. The molecule has 8 heteroatoms. The highest BCUT2D eigenvalue weighted by molar-refractivity contribution is 5.92. The van der Waals surface area contributed by atoms with Crippen molar-refractivity contribution in [1.82, 2.24) is 15.2 Å². The van der Waals surface area contributed by atoms with Crippen LogP contribution in [-0.4, -0.2) is 28.3 Å². The lowest BCUT2D eigenvalue weighted by atomic mass is 10.2. The van der Waals surface area contributed by atoms with E-state index >= 15 is 0 Å². The van der Waals surface area contributed by atoms with Gasteiger partial charge in [-0.25, -0.2) is 9.78 Å². The van der Waals surface area contributed by atoms with Gasteiger partial charge in [0.05, 0.1) is 7.11 Å². The molecule has 4 aromatic rings. The summed E-state index contributed by atoms with van der Waals surface area (Å²) in [5, 5.41) is 8.03. The molecule has 31 heavy (non-hydrogen) atoms. The van der Waals surface area contributed by atoms with Crippen molar-refractivity contribution in [1.29, 1.82) is 0 Å². The first-order chi connectivity index (χ1) is 15.1. The molecule has 2 aromatic heterocycles. The van der Waals surface area contributed by atoms with Gasteiger partial charge in [-0.05, 0) is 55.5 Å². The molecule has 2 aromatic carbocycles. The Labute approximate surface area is 178 Å². The number of hydrogen-bond donors (Lipinski definition) is 0. The van der Waals surface area contributed by atoms with Gasteiger partial charge in [-0.3, -0.25) is 0 Å². The van der Waals surface area contributed by atoms with Crippen LogP contribution in [0.4, 0.5) is 0 Å². The SMILES string of the molecule is COc1ccc(-c2nnc(C(C)OC(=O)c3cccnc3Oc3ccccc3)o2)cc1. The number of rotatable bonds is 7. The first-order valence-corrected chi connectivity index (χ1v) is 9.51. The van der Waals surface area contributed by atoms with Crippen LogP contribution in [0.2, 0.25) is 0 Å². The molecule has 0 N–H and O–H groups in total. The van der Waals surface area contributed by atoms with Crippen LogP contribution < -0.4 is 9.47 Å². The summed E-state index contributed by atoms with van der Waals surface area (Å²) in [7, 11) is 1.59. The fourth-order valence-electron chi connectivity index (χ4n) is 2.75. The van der Waals surface area contributed by atoms with Gasteiger partial charge in [0.25, 0.3) is 5.89 Å². The Morgan fingerprint density at radius 1 is 0.935 bits per heavy atom. The van der Waals surface area contributed by atoms with Crippen LogP contribution in [0.15, 0.2) is 77.3 Å². The number of hydrogen-bond acceptors (Lipinski definition) is 8. The number of pyridine rings is 1. The molecule has 0 bridgehead atoms. The number of aromatic nitrogens is 3. The first kappa shape index (κ1) is 20.1. The zero-order valence-electron chi connectivity index (χ0n) is 16.9. The third kappa shape index (κ3) is 4.69. The van der Waals surface area contributed by atoms with Crippen LogP contribution in [0.3, 0.4) is 0 Å². The molecule has 0 aliphatic heterocycles. The van der Waals surface area contributed by atoms with Crippen molar-refractivity contribution in [2.45, 2.75) is 13.0 Å². The molecular weight excluding hydrogens is 398 g/mol. The molecule has 0 radical (unpaired) electrons. The summed E-state index contributed by atoms with van der Waals surface area (Å²) < 4.78 is 22.1. The lowest BCUT2D eigenvalue weighted by Gasteiger charge is -2.12. The van der Waals surface area contributed by atoms with E-state index in [-0.39, 0.29) is 17.3 Å². The monoisotopic (exact) mass is 417 g/mol. The lowest BCUT2D eigenvalue weighted by Crippen LogP contribution is -2.11. The lowest BCUT2D eigenvalue weighted by molar-refractivity contribution is 0.0276. The maximum Gasteiger partial charge on any atom is 0.344 e. The van der Waals surface area contributed by atoms with E-state index in [0.717, 1.165) is 11.3 Å².